The van der Waals surface area contributed by atoms with Gasteiger partial charge in [-0.3, -0.25) is 4.99 Å². The van der Waals surface area contributed by atoms with Crippen LogP contribution in [0.2, 0.25) is 0 Å². The Bertz CT molecular complexity index is 519. The Hall–Kier alpha value is -1.62. The van der Waals surface area contributed by atoms with Crippen molar-refractivity contribution in [2.75, 3.05) is 26.2 Å². The summed E-state index contributed by atoms with van der Waals surface area (Å²) < 4.78 is 0.809. The molecule has 5 rings (SSSR count). The molecule has 5 heteroatoms. The molecule has 4 aliphatic rings. The van der Waals surface area contributed by atoms with E-state index in [1.54, 1.807) is 0 Å². The van der Waals surface area contributed by atoms with Crippen molar-refractivity contribution in [3.05, 3.63) is 35.3 Å². The van der Waals surface area contributed by atoms with E-state index in [4.69, 9.17) is 4.99 Å². The molecule has 0 aromatic carbocycles. The van der Waals surface area contributed by atoms with Gasteiger partial charge in [-0.05, 0) is 31.8 Å². The minimum Gasteiger partial charge on any atom is -0.619 e. The standard InChI is InChI=1S/C14H18N4O/c19-18-7-1-11(2-8-18)13-15-9-14(16-13)10-17-5-3-12(14)4-6-17/h1-2,7-8,12H,3-6,9-10H2,(H,15,16). The maximum Gasteiger partial charge on any atom is 0.181 e. The highest BCUT2D eigenvalue weighted by Crippen LogP contribution is 2.37. The first-order valence-electron chi connectivity index (χ1n) is 6.99. The molecule has 0 aliphatic carbocycles. The second-order valence-corrected chi connectivity index (χ2v) is 5.94. The van der Waals surface area contributed by atoms with E-state index in [9.17, 15) is 5.21 Å². The van der Waals surface area contributed by atoms with E-state index in [0.717, 1.165) is 35.1 Å². The fourth-order valence-electron chi connectivity index (χ4n) is 3.76. The average Bonchev–Trinajstić information content (AvgIpc) is 2.85. The van der Waals surface area contributed by atoms with Gasteiger partial charge >= 0.3 is 0 Å². The van der Waals surface area contributed by atoms with Crippen LogP contribution in [0.25, 0.3) is 0 Å². The predicted molar refractivity (Wildman–Crippen MR) is 71.8 cm³/mol. The number of piperidine rings is 3. The number of amidine groups is 1. The van der Waals surface area contributed by atoms with Crippen molar-refractivity contribution >= 4 is 5.84 Å². The van der Waals surface area contributed by atoms with Crippen LogP contribution in [0.5, 0.6) is 0 Å². The predicted octanol–water partition coefficient (Wildman–Crippen LogP) is 0.134. The number of aromatic nitrogens is 1. The van der Waals surface area contributed by atoms with Crippen molar-refractivity contribution < 1.29 is 4.73 Å². The highest BCUT2D eigenvalue weighted by molar-refractivity contribution is 6.00. The Morgan fingerprint density at radius 1 is 1.32 bits per heavy atom. The van der Waals surface area contributed by atoms with Crippen molar-refractivity contribution in [1.29, 1.82) is 0 Å². The Morgan fingerprint density at radius 2 is 2.05 bits per heavy atom. The maximum atomic E-state index is 11.1. The Morgan fingerprint density at radius 3 is 2.68 bits per heavy atom. The zero-order chi connectivity index (χ0) is 12.9. The fraction of sp³-hybridized carbons (Fsp3) is 0.571. The number of nitrogens with zero attached hydrogens (tertiary/aromatic N) is 3. The van der Waals surface area contributed by atoms with Crippen LogP contribution in [0.1, 0.15) is 18.4 Å². The Balaban J connectivity index is 1.57. The number of hydrogen-bond acceptors (Lipinski definition) is 4. The summed E-state index contributed by atoms with van der Waals surface area (Å²) in [5.74, 6) is 1.70. The van der Waals surface area contributed by atoms with E-state index in [1.807, 2.05) is 12.1 Å². The van der Waals surface area contributed by atoms with E-state index < -0.39 is 0 Å². The Kier molecular flexibility index (Phi) is 2.33. The van der Waals surface area contributed by atoms with Gasteiger partial charge in [0.05, 0.1) is 12.1 Å². The molecule has 1 aromatic rings. The van der Waals surface area contributed by atoms with Crippen LogP contribution in [0.4, 0.5) is 0 Å². The lowest BCUT2D eigenvalue weighted by molar-refractivity contribution is -0.605. The highest BCUT2D eigenvalue weighted by atomic mass is 16.5. The molecule has 0 amide bonds. The van der Waals surface area contributed by atoms with E-state index in [2.05, 4.69) is 10.2 Å². The van der Waals surface area contributed by atoms with E-state index in [1.165, 1.54) is 38.3 Å². The van der Waals surface area contributed by atoms with Gasteiger partial charge in [0, 0.05) is 24.2 Å². The third-order valence-corrected chi connectivity index (χ3v) is 4.84. The van der Waals surface area contributed by atoms with Crippen molar-refractivity contribution in [2.45, 2.75) is 18.4 Å². The topological polar surface area (TPSA) is 54.6 Å². The molecule has 1 atom stereocenters. The molecular weight excluding hydrogens is 240 g/mol. The van der Waals surface area contributed by atoms with Crippen molar-refractivity contribution in [2.24, 2.45) is 10.9 Å². The van der Waals surface area contributed by atoms with Gasteiger partial charge in [0.2, 0.25) is 0 Å². The molecule has 100 valence electrons. The van der Waals surface area contributed by atoms with Crippen molar-refractivity contribution in [1.82, 2.24) is 10.2 Å². The van der Waals surface area contributed by atoms with Crippen LogP contribution in [-0.2, 0) is 0 Å². The van der Waals surface area contributed by atoms with Crippen LogP contribution in [0.3, 0.4) is 0 Å². The molecule has 5 nitrogen and oxygen atoms in total. The molecule has 0 radical (unpaired) electrons. The number of fused-ring (bicyclic) bond motifs is 2. The van der Waals surface area contributed by atoms with Gasteiger partial charge in [0.25, 0.3) is 0 Å². The smallest absolute Gasteiger partial charge is 0.181 e. The summed E-state index contributed by atoms with van der Waals surface area (Å²) in [4.78, 5) is 7.24. The SMILES string of the molecule is [O-][n+]1ccc(C2=NCC3(CN4CCC3CC4)N2)cc1. The molecule has 2 bridgehead atoms. The third kappa shape index (κ3) is 1.72. The van der Waals surface area contributed by atoms with Crippen LogP contribution in [0, 0.1) is 11.1 Å². The van der Waals surface area contributed by atoms with Crippen molar-refractivity contribution in [3.8, 4) is 0 Å². The van der Waals surface area contributed by atoms with Gasteiger partial charge in [-0.1, -0.05) is 0 Å². The summed E-state index contributed by atoms with van der Waals surface area (Å²) in [6.07, 6.45) is 5.62. The molecule has 1 aromatic heterocycles. The lowest BCUT2D eigenvalue weighted by Crippen LogP contribution is -2.66. The zero-order valence-electron chi connectivity index (χ0n) is 10.9. The average molecular weight is 258 g/mol. The number of pyridine rings is 1. The third-order valence-electron chi connectivity index (χ3n) is 4.84. The number of nitrogens with one attached hydrogen (secondary N) is 1. The quantitative estimate of drug-likeness (QED) is 0.575. The molecule has 0 saturated carbocycles. The molecule has 1 spiro atoms. The normalized spacial score (nSPS) is 36.3. The summed E-state index contributed by atoms with van der Waals surface area (Å²) in [7, 11) is 0. The summed E-state index contributed by atoms with van der Waals surface area (Å²) in [5.41, 5.74) is 1.16. The Labute approximate surface area is 112 Å². The lowest BCUT2D eigenvalue weighted by Gasteiger charge is -2.51. The van der Waals surface area contributed by atoms with Gasteiger partial charge in [-0.2, -0.15) is 4.73 Å². The highest BCUT2D eigenvalue weighted by Gasteiger charge is 2.49. The first-order valence-corrected chi connectivity index (χ1v) is 6.99. The number of aliphatic imine (C=N–C) groups is 1. The van der Waals surface area contributed by atoms with Gasteiger partial charge in [0.1, 0.15) is 5.84 Å². The zero-order valence-corrected chi connectivity index (χ0v) is 10.9. The van der Waals surface area contributed by atoms with Crippen LogP contribution < -0.4 is 10.0 Å². The van der Waals surface area contributed by atoms with Crippen LogP contribution >= 0.6 is 0 Å². The minimum absolute atomic E-state index is 0.148. The molecule has 1 unspecified atom stereocenters. The first kappa shape index (κ1) is 11.2. The van der Waals surface area contributed by atoms with E-state index in [0.29, 0.717) is 0 Å². The minimum atomic E-state index is 0.148. The van der Waals surface area contributed by atoms with Crippen LogP contribution in [-0.4, -0.2) is 42.5 Å². The lowest BCUT2D eigenvalue weighted by atomic mass is 9.73. The largest absolute Gasteiger partial charge is 0.619 e. The van der Waals surface area contributed by atoms with Crippen LogP contribution in [0.15, 0.2) is 29.5 Å². The van der Waals surface area contributed by atoms with Gasteiger partial charge in [-0.15, -0.1) is 0 Å². The van der Waals surface area contributed by atoms with Gasteiger partial charge in [-0.25, -0.2) is 0 Å². The summed E-state index contributed by atoms with van der Waals surface area (Å²) in [6.45, 7) is 4.46. The van der Waals surface area contributed by atoms with Gasteiger partial charge in [0.15, 0.2) is 12.4 Å². The molecule has 1 N–H and O–H groups in total. The molecule has 19 heavy (non-hydrogen) atoms. The van der Waals surface area contributed by atoms with Crippen molar-refractivity contribution in [3.63, 3.8) is 0 Å². The fourth-order valence-corrected chi connectivity index (χ4v) is 3.76. The molecule has 4 aliphatic heterocycles. The molecule has 5 heterocycles. The number of hydrogen-bond donors (Lipinski definition) is 1. The number of rotatable bonds is 1. The summed E-state index contributed by atoms with van der Waals surface area (Å²) in [5, 5.41) is 14.8. The first-order chi connectivity index (χ1) is 9.25. The second-order valence-electron chi connectivity index (χ2n) is 5.94. The maximum absolute atomic E-state index is 11.1. The van der Waals surface area contributed by atoms with E-state index in [-0.39, 0.29) is 5.54 Å². The monoisotopic (exact) mass is 258 g/mol. The second kappa shape index (κ2) is 3.93. The summed E-state index contributed by atoms with van der Waals surface area (Å²) >= 11 is 0. The summed E-state index contributed by atoms with van der Waals surface area (Å²) in [6, 6.07) is 3.67. The molecular formula is C14H18N4O. The van der Waals surface area contributed by atoms with Gasteiger partial charge < -0.3 is 15.4 Å². The molecule has 3 saturated heterocycles. The van der Waals surface area contributed by atoms with E-state index >= 15 is 0 Å². The molecule has 3 fully saturated rings.